The van der Waals surface area contributed by atoms with Crippen molar-refractivity contribution >= 4 is 17.7 Å². The van der Waals surface area contributed by atoms with Gasteiger partial charge < -0.3 is 10.1 Å². The minimum Gasteiger partial charge on any atom is -0.623 e. The summed E-state index contributed by atoms with van der Waals surface area (Å²) in [6.45, 7) is 1.76. The molecule has 20 heavy (non-hydrogen) atoms. The Labute approximate surface area is 120 Å². The van der Waals surface area contributed by atoms with Crippen LogP contribution in [0.25, 0.3) is 0 Å². The molecule has 108 valence electrons. The van der Waals surface area contributed by atoms with Crippen LogP contribution in [0.15, 0.2) is 24.3 Å². The summed E-state index contributed by atoms with van der Waals surface area (Å²) in [6, 6.07) is 7.73. The van der Waals surface area contributed by atoms with Crippen LogP contribution in [0.4, 0.5) is 5.69 Å². The fourth-order valence-electron chi connectivity index (χ4n) is 2.53. The van der Waals surface area contributed by atoms with Gasteiger partial charge in [0, 0.05) is 45.1 Å². The third-order valence-electron chi connectivity index (χ3n) is 4.08. The number of benzene rings is 1. The molecule has 4 heteroatoms. The topological polar surface area (TPSA) is 46.4 Å². The fraction of sp³-hybridized carbons (Fsp3) is 0.500. The maximum atomic E-state index is 12.3. The fourth-order valence-corrected chi connectivity index (χ4v) is 2.53. The van der Waals surface area contributed by atoms with E-state index >= 15 is 0 Å². The second-order valence-electron chi connectivity index (χ2n) is 5.84. The molecule has 1 atom stereocenters. The minimum atomic E-state index is -0.890. The van der Waals surface area contributed by atoms with Gasteiger partial charge in [-0.1, -0.05) is 0 Å². The smallest absolute Gasteiger partial charge is 0.227 e. The normalized spacial score (nSPS) is 23.8. The lowest BCUT2D eigenvalue weighted by Crippen LogP contribution is -2.46. The van der Waals surface area contributed by atoms with Crippen LogP contribution in [0.2, 0.25) is 0 Å². The average Bonchev–Trinajstić information content (AvgIpc) is 2.42. The predicted molar refractivity (Wildman–Crippen MR) is 81.4 cm³/mol. The van der Waals surface area contributed by atoms with Crippen LogP contribution < -0.4 is 4.90 Å². The molecule has 1 aliphatic rings. The van der Waals surface area contributed by atoms with Gasteiger partial charge in [0.05, 0.1) is 0 Å². The Kier molecular flexibility index (Phi) is 4.12. The number of Topliss-reactive ketones (excluding diaryl/α,β-unsaturated/α-hetero) is 1. The van der Waals surface area contributed by atoms with Gasteiger partial charge in [-0.05, 0) is 37.1 Å². The molecule has 4 nitrogen and oxygen atoms in total. The quantitative estimate of drug-likeness (QED) is 0.368. The number of rotatable bonds is 3. The molecule has 0 aliphatic heterocycles. The molecule has 0 unspecified atom stereocenters. The van der Waals surface area contributed by atoms with E-state index in [0.717, 1.165) is 28.8 Å². The molecular formula is C16H22N2O2. The van der Waals surface area contributed by atoms with Crippen LogP contribution in [-0.2, 0) is 4.79 Å². The zero-order valence-electron chi connectivity index (χ0n) is 12.4. The molecule has 1 saturated carbocycles. The first-order valence-electron chi connectivity index (χ1n) is 7.05. The van der Waals surface area contributed by atoms with Crippen LogP contribution in [0.5, 0.6) is 0 Å². The van der Waals surface area contributed by atoms with Gasteiger partial charge in [0.15, 0.2) is 6.21 Å². The standard InChI is InChI=1S/C16H22N2O2/c1-16(11-5-4-6-15(16)19)18(20)12-13-7-9-14(10-8-13)17(2)3/h7-10,12H,4-6,11H2,1-3H3/b18-12-/t16-/m0/s1. The van der Waals surface area contributed by atoms with Gasteiger partial charge in [0.25, 0.3) is 0 Å². The molecule has 0 saturated heterocycles. The zero-order valence-corrected chi connectivity index (χ0v) is 12.4. The van der Waals surface area contributed by atoms with Crippen LogP contribution in [-0.4, -0.2) is 36.4 Å². The maximum absolute atomic E-state index is 12.3. The SMILES string of the molecule is CN(C)c1ccc(/C=[N+](\[O-])[C@@]2(C)CCCCC2=O)cc1. The van der Waals surface area contributed by atoms with Crippen molar-refractivity contribution in [1.82, 2.24) is 0 Å². The van der Waals surface area contributed by atoms with Gasteiger partial charge in [0.1, 0.15) is 0 Å². The van der Waals surface area contributed by atoms with E-state index in [0.29, 0.717) is 12.8 Å². The van der Waals surface area contributed by atoms with Gasteiger partial charge in [0.2, 0.25) is 11.3 Å². The number of nitrogens with zero attached hydrogens (tertiary/aromatic N) is 2. The first-order chi connectivity index (χ1) is 9.43. The van der Waals surface area contributed by atoms with Crippen LogP contribution in [0.1, 0.15) is 38.2 Å². The molecule has 0 amide bonds. The third kappa shape index (κ3) is 2.84. The molecule has 0 radical (unpaired) electrons. The van der Waals surface area contributed by atoms with E-state index in [1.807, 2.05) is 43.3 Å². The van der Waals surface area contributed by atoms with Crippen molar-refractivity contribution in [3.8, 4) is 0 Å². The largest absolute Gasteiger partial charge is 0.623 e. The summed E-state index contributed by atoms with van der Waals surface area (Å²) in [5.41, 5.74) is 1.02. The van der Waals surface area contributed by atoms with E-state index in [-0.39, 0.29) is 5.78 Å². The highest BCUT2D eigenvalue weighted by Gasteiger charge is 2.42. The Hall–Kier alpha value is -1.84. The summed E-state index contributed by atoms with van der Waals surface area (Å²) in [7, 11) is 3.95. The Morgan fingerprint density at radius 3 is 2.45 bits per heavy atom. The molecule has 0 aromatic heterocycles. The van der Waals surface area contributed by atoms with Crippen molar-refractivity contribution in [3.05, 3.63) is 35.0 Å². The summed E-state index contributed by atoms with van der Waals surface area (Å²) in [5.74, 6) is 0.0555. The molecule has 0 spiro atoms. The highest BCUT2D eigenvalue weighted by molar-refractivity contribution is 5.88. The van der Waals surface area contributed by atoms with Crippen molar-refractivity contribution in [2.75, 3.05) is 19.0 Å². The lowest BCUT2D eigenvalue weighted by atomic mass is 9.82. The van der Waals surface area contributed by atoms with Gasteiger partial charge in [-0.25, -0.2) is 0 Å². The number of hydrogen-bond donors (Lipinski definition) is 0. The van der Waals surface area contributed by atoms with E-state index < -0.39 is 5.54 Å². The molecule has 0 bridgehead atoms. The zero-order chi connectivity index (χ0) is 14.8. The summed E-state index contributed by atoms with van der Waals surface area (Å²) < 4.78 is 0.846. The molecule has 0 heterocycles. The van der Waals surface area contributed by atoms with Gasteiger partial charge in [-0.3, -0.25) is 4.79 Å². The van der Waals surface area contributed by atoms with Crippen molar-refractivity contribution in [3.63, 3.8) is 0 Å². The van der Waals surface area contributed by atoms with E-state index in [1.54, 1.807) is 6.92 Å². The molecular weight excluding hydrogens is 252 g/mol. The summed E-state index contributed by atoms with van der Waals surface area (Å²) in [4.78, 5) is 14.0. The molecule has 1 fully saturated rings. The van der Waals surface area contributed by atoms with Gasteiger partial charge in [-0.2, -0.15) is 4.74 Å². The van der Waals surface area contributed by atoms with Crippen LogP contribution in [0, 0.1) is 5.21 Å². The predicted octanol–water partition coefficient (Wildman–Crippen LogP) is 2.58. The molecule has 1 aliphatic carbocycles. The van der Waals surface area contributed by atoms with Gasteiger partial charge >= 0.3 is 0 Å². The second kappa shape index (κ2) is 5.65. The second-order valence-corrected chi connectivity index (χ2v) is 5.84. The van der Waals surface area contributed by atoms with Crippen molar-refractivity contribution in [2.24, 2.45) is 0 Å². The van der Waals surface area contributed by atoms with E-state index in [9.17, 15) is 10.0 Å². The highest BCUT2D eigenvalue weighted by Crippen LogP contribution is 2.27. The summed E-state index contributed by atoms with van der Waals surface area (Å²) in [6.07, 6.45) is 4.53. The van der Waals surface area contributed by atoms with Crippen molar-refractivity contribution in [1.29, 1.82) is 0 Å². The monoisotopic (exact) mass is 274 g/mol. The molecule has 1 aromatic rings. The van der Waals surface area contributed by atoms with E-state index in [4.69, 9.17) is 0 Å². The first-order valence-corrected chi connectivity index (χ1v) is 7.05. The van der Waals surface area contributed by atoms with Crippen molar-refractivity contribution in [2.45, 2.75) is 38.1 Å². The minimum absolute atomic E-state index is 0.0555. The lowest BCUT2D eigenvalue weighted by Gasteiger charge is -2.30. The molecule has 0 N–H and O–H groups in total. The number of anilines is 1. The Bertz CT molecular complexity index is 520. The maximum Gasteiger partial charge on any atom is 0.227 e. The summed E-state index contributed by atoms with van der Waals surface area (Å²) >= 11 is 0. The Morgan fingerprint density at radius 2 is 1.90 bits per heavy atom. The number of ketones is 1. The highest BCUT2D eigenvalue weighted by atomic mass is 16.5. The number of carbonyl (C=O) groups is 1. The number of carbonyl (C=O) groups excluding carboxylic acids is 1. The number of hydroxylamine groups is 1. The average molecular weight is 274 g/mol. The number of hydrogen-bond acceptors (Lipinski definition) is 3. The van der Waals surface area contributed by atoms with Crippen molar-refractivity contribution < 1.29 is 9.53 Å². The van der Waals surface area contributed by atoms with E-state index in [1.165, 1.54) is 6.21 Å². The van der Waals surface area contributed by atoms with Gasteiger partial charge in [-0.15, -0.1) is 0 Å². The Morgan fingerprint density at radius 1 is 1.25 bits per heavy atom. The first kappa shape index (κ1) is 14.6. The Balaban J connectivity index is 2.23. The van der Waals surface area contributed by atoms with E-state index in [2.05, 4.69) is 0 Å². The van der Waals surface area contributed by atoms with Crippen LogP contribution in [0.3, 0.4) is 0 Å². The lowest BCUT2D eigenvalue weighted by molar-refractivity contribution is -0.525. The molecule has 1 aromatic carbocycles. The summed E-state index contributed by atoms with van der Waals surface area (Å²) in [5, 5.41) is 12.3. The van der Waals surface area contributed by atoms with Crippen LogP contribution >= 0.6 is 0 Å². The third-order valence-corrected chi connectivity index (χ3v) is 4.08. The molecule has 2 rings (SSSR count).